The molecular weight excluding hydrogens is 240 g/mol. The lowest BCUT2D eigenvalue weighted by Gasteiger charge is -2.48. The molecule has 3 unspecified atom stereocenters. The van der Waals surface area contributed by atoms with Crippen molar-refractivity contribution >= 4 is 0 Å². The van der Waals surface area contributed by atoms with Crippen LogP contribution in [0.5, 0.6) is 0 Å². The van der Waals surface area contributed by atoms with E-state index in [-0.39, 0.29) is 11.6 Å². The minimum absolute atomic E-state index is 0.136. The molecule has 2 aliphatic rings. The second-order valence-corrected chi connectivity index (χ2v) is 6.14. The van der Waals surface area contributed by atoms with E-state index in [1.165, 1.54) is 32.1 Å². The molecule has 0 radical (unpaired) electrons. The van der Waals surface area contributed by atoms with Crippen molar-refractivity contribution in [1.29, 1.82) is 0 Å². The summed E-state index contributed by atoms with van der Waals surface area (Å²) in [5.74, 6) is 7.36. The van der Waals surface area contributed by atoms with Crippen molar-refractivity contribution in [3.63, 3.8) is 0 Å². The van der Waals surface area contributed by atoms with Gasteiger partial charge in [-0.25, -0.2) is 0 Å². The standard InChI is InChI=1S/C15H30N2O2/c1-3-12-6-4-5-7-13(12)14(17-16)15(18-2)8-10-19-11-9-15/h12-14,17H,3-11,16H2,1-2H3. The molecule has 1 heterocycles. The molecule has 1 saturated carbocycles. The van der Waals surface area contributed by atoms with Gasteiger partial charge < -0.3 is 9.47 Å². The highest BCUT2D eigenvalue weighted by Crippen LogP contribution is 2.41. The maximum Gasteiger partial charge on any atom is 0.0890 e. The van der Waals surface area contributed by atoms with Crippen LogP contribution < -0.4 is 11.3 Å². The molecule has 1 aliphatic carbocycles. The first kappa shape index (κ1) is 15.2. The van der Waals surface area contributed by atoms with Gasteiger partial charge in [0.2, 0.25) is 0 Å². The zero-order valence-corrected chi connectivity index (χ0v) is 12.5. The minimum Gasteiger partial charge on any atom is -0.381 e. The minimum atomic E-state index is -0.136. The predicted octanol–water partition coefficient (Wildman–Crippen LogP) is 2.23. The molecule has 1 aliphatic heterocycles. The fourth-order valence-corrected chi connectivity index (χ4v) is 4.21. The van der Waals surface area contributed by atoms with Gasteiger partial charge in [0.15, 0.2) is 0 Å². The fourth-order valence-electron chi connectivity index (χ4n) is 4.21. The topological polar surface area (TPSA) is 56.5 Å². The van der Waals surface area contributed by atoms with E-state index in [1.54, 1.807) is 0 Å². The molecule has 2 rings (SSSR count). The molecule has 0 amide bonds. The van der Waals surface area contributed by atoms with Gasteiger partial charge in [0.05, 0.1) is 11.6 Å². The van der Waals surface area contributed by atoms with Crippen LogP contribution in [0, 0.1) is 11.8 Å². The average molecular weight is 270 g/mol. The molecule has 0 aromatic rings. The van der Waals surface area contributed by atoms with Crippen LogP contribution in [0.25, 0.3) is 0 Å². The van der Waals surface area contributed by atoms with E-state index < -0.39 is 0 Å². The van der Waals surface area contributed by atoms with Crippen molar-refractivity contribution in [2.75, 3.05) is 20.3 Å². The van der Waals surface area contributed by atoms with E-state index in [2.05, 4.69) is 12.3 Å². The molecule has 0 aromatic heterocycles. The largest absolute Gasteiger partial charge is 0.381 e. The van der Waals surface area contributed by atoms with Crippen LogP contribution in [0.2, 0.25) is 0 Å². The number of hydrogen-bond donors (Lipinski definition) is 2. The van der Waals surface area contributed by atoms with Crippen molar-refractivity contribution in [3.05, 3.63) is 0 Å². The van der Waals surface area contributed by atoms with Crippen LogP contribution in [-0.4, -0.2) is 32.0 Å². The van der Waals surface area contributed by atoms with E-state index in [1.807, 2.05) is 7.11 Å². The summed E-state index contributed by atoms with van der Waals surface area (Å²) in [6, 6.07) is 0.256. The van der Waals surface area contributed by atoms with Gasteiger partial charge in [-0.15, -0.1) is 0 Å². The summed E-state index contributed by atoms with van der Waals surface area (Å²) >= 11 is 0. The van der Waals surface area contributed by atoms with Crippen LogP contribution in [0.15, 0.2) is 0 Å². The van der Waals surface area contributed by atoms with Crippen molar-refractivity contribution in [2.45, 2.75) is 63.5 Å². The fraction of sp³-hybridized carbons (Fsp3) is 1.00. The molecule has 1 saturated heterocycles. The molecule has 4 heteroatoms. The van der Waals surface area contributed by atoms with E-state index in [4.69, 9.17) is 15.3 Å². The molecular formula is C15H30N2O2. The van der Waals surface area contributed by atoms with Crippen LogP contribution in [0.1, 0.15) is 51.9 Å². The number of rotatable bonds is 5. The molecule has 4 nitrogen and oxygen atoms in total. The Balaban J connectivity index is 2.15. The van der Waals surface area contributed by atoms with Gasteiger partial charge in [-0.3, -0.25) is 11.3 Å². The average Bonchev–Trinajstić information content (AvgIpc) is 2.49. The SMILES string of the molecule is CCC1CCCCC1C(NN)C1(OC)CCOCC1. The number of ether oxygens (including phenoxy) is 2. The molecule has 112 valence electrons. The number of nitrogens with one attached hydrogen (secondary N) is 1. The summed E-state index contributed by atoms with van der Waals surface area (Å²) in [7, 11) is 1.83. The normalized spacial score (nSPS) is 33.0. The van der Waals surface area contributed by atoms with Crippen molar-refractivity contribution < 1.29 is 9.47 Å². The third-order valence-corrected chi connectivity index (χ3v) is 5.41. The third kappa shape index (κ3) is 3.13. The Morgan fingerprint density at radius 1 is 1.32 bits per heavy atom. The summed E-state index contributed by atoms with van der Waals surface area (Å²) in [4.78, 5) is 0. The predicted molar refractivity (Wildman–Crippen MR) is 76.6 cm³/mol. The van der Waals surface area contributed by atoms with Crippen LogP contribution in [-0.2, 0) is 9.47 Å². The lowest BCUT2D eigenvalue weighted by atomic mass is 9.68. The Morgan fingerprint density at radius 2 is 2.00 bits per heavy atom. The Morgan fingerprint density at radius 3 is 2.58 bits per heavy atom. The van der Waals surface area contributed by atoms with Gasteiger partial charge in [0, 0.05) is 33.2 Å². The maximum absolute atomic E-state index is 5.96. The van der Waals surface area contributed by atoms with E-state index in [0.29, 0.717) is 5.92 Å². The summed E-state index contributed by atoms with van der Waals surface area (Å²) in [6.07, 6.45) is 8.47. The Labute approximate surface area is 117 Å². The Hall–Kier alpha value is -0.160. The number of hydrogen-bond acceptors (Lipinski definition) is 4. The van der Waals surface area contributed by atoms with E-state index >= 15 is 0 Å². The van der Waals surface area contributed by atoms with Gasteiger partial charge in [-0.05, 0) is 18.3 Å². The second-order valence-electron chi connectivity index (χ2n) is 6.14. The smallest absolute Gasteiger partial charge is 0.0890 e. The first-order chi connectivity index (χ1) is 9.27. The first-order valence-corrected chi connectivity index (χ1v) is 7.86. The third-order valence-electron chi connectivity index (χ3n) is 5.41. The first-order valence-electron chi connectivity index (χ1n) is 7.86. The molecule has 0 spiro atoms. The quantitative estimate of drug-likeness (QED) is 0.594. The lowest BCUT2D eigenvalue weighted by Crippen LogP contribution is -2.61. The number of hydrazine groups is 1. The van der Waals surface area contributed by atoms with Crippen LogP contribution in [0.3, 0.4) is 0 Å². The monoisotopic (exact) mass is 270 g/mol. The van der Waals surface area contributed by atoms with Crippen molar-refractivity contribution in [1.82, 2.24) is 5.43 Å². The summed E-state index contributed by atoms with van der Waals surface area (Å²) in [6.45, 7) is 3.88. The van der Waals surface area contributed by atoms with E-state index in [9.17, 15) is 0 Å². The van der Waals surface area contributed by atoms with Crippen LogP contribution in [0.4, 0.5) is 0 Å². The van der Waals surface area contributed by atoms with Crippen molar-refractivity contribution in [3.8, 4) is 0 Å². The summed E-state index contributed by atoms with van der Waals surface area (Å²) in [5.41, 5.74) is 2.98. The lowest BCUT2D eigenvalue weighted by molar-refractivity contribution is -0.128. The molecule has 3 atom stereocenters. The highest BCUT2D eigenvalue weighted by molar-refractivity contribution is 4.99. The maximum atomic E-state index is 5.96. The number of nitrogens with two attached hydrogens (primary N) is 1. The molecule has 2 fully saturated rings. The van der Waals surface area contributed by atoms with Gasteiger partial charge >= 0.3 is 0 Å². The summed E-state index contributed by atoms with van der Waals surface area (Å²) in [5, 5.41) is 0. The molecule has 0 bridgehead atoms. The molecule has 19 heavy (non-hydrogen) atoms. The zero-order valence-electron chi connectivity index (χ0n) is 12.5. The Bertz CT molecular complexity index is 267. The van der Waals surface area contributed by atoms with Crippen molar-refractivity contribution in [2.24, 2.45) is 17.7 Å². The van der Waals surface area contributed by atoms with Gasteiger partial charge in [-0.1, -0.05) is 32.6 Å². The van der Waals surface area contributed by atoms with Gasteiger partial charge in [0.25, 0.3) is 0 Å². The highest BCUT2D eigenvalue weighted by Gasteiger charge is 2.46. The van der Waals surface area contributed by atoms with E-state index in [0.717, 1.165) is 32.0 Å². The number of methoxy groups -OCH3 is 1. The van der Waals surface area contributed by atoms with Gasteiger partial charge in [0.1, 0.15) is 0 Å². The highest BCUT2D eigenvalue weighted by atomic mass is 16.5. The second kappa shape index (κ2) is 7.02. The van der Waals surface area contributed by atoms with Crippen LogP contribution >= 0.6 is 0 Å². The Kier molecular flexibility index (Phi) is 5.63. The molecule has 0 aromatic carbocycles. The summed E-state index contributed by atoms with van der Waals surface area (Å²) < 4.78 is 11.5. The van der Waals surface area contributed by atoms with Gasteiger partial charge in [-0.2, -0.15) is 0 Å². The molecule has 3 N–H and O–H groups in total. The zero-order chi connectivity index (χ0) is 13.7.